The van der Waals surface area contributed by atoms with E-state index < -0.39 is 22.3 Å². The van der Waals surface area contributed by atoms with Crippen LogP contribution in [-0.2, 0) is 13.1 Å². The largest absolute Gasteiger partial charge is 0.330 e. The minimum Gasteiger partial charge on any atom is -0.330 e. The first-order valence-electron chi connectivity index (χ1n) is 9.04. The number of aromatic nitrogens is 1. The number of halogens is 1. The third kappa shape index (κ3) is 4.63. The van der Waals surface area contributed by atoms with Gasteiger partial charge in [0.1, 0.15) is 5.82 Å². The van der Waals surface area contributed by atoms with Crippen molar-refractivity contribution in [3.05, 3.63) is 105 Å². The molecule has 0 N–H and O–H groups in total. The van der Waals surface area contributed by atoms with Crippen LogP contribution in [0, 0.1) is 29.8 Å². The minimum atomic E-state index is -0.778. The number of aryl methyl sites for hydroxylation is 1. The fourth-order valence-electron chi connectivity index (χ4n) is 3.06. The molecule has 0 spiro atoms. The van der Waals surface area contributed by atoms with E-state index in [1.807, 2.05) is 37.3 Å². The van der Waals surface area contributed by atoms with Crippen LogP contribution in [0.1, 0.15) is 32.6 Å². The first-order chi connectivity index (χ1) is 13.9. The van der Waals surface area contributed by atoms with Gasteiger partial charge >= 0.3 is 0 Å². The number of nitrogens with zero attached hydrogens (tertiary/aromatic N) is 3. The summed E-state index contributed by atoms with van der Waals surface area (Å²) < 4.78 is 14.3. The lowest BCUT2D eigenvalue weighted by Crippen LogP contribution is -2.30. The topological polar surface area (TPSA) is 76.3 Å². The molecule has 7 heteroatoms. The van der Waals surface area contributed by atoms with Crippen molar-refractivity contribution in [2.24, 2.45) is 0 Å². The molecule has 2 aromatic carbocycles. The number of rotatable bonds is 6. The Morgan fingerprint density at radius 1 is 1.14 bits per heavy atom. The molecule has 0 atom stereocenters. The fraction of sp³-hybridized carbons (Fsp3) is 0.182. The number of nitro benzene ring substituents is 1. The number of hydrogen-bond donors (Lipinski definition) is 0. The van der Waals surface area contributed by atoms with Crippen molar-refractivity contribution < 1.29 is 14.1 Å². The molecule has 1 aromatic heterocycles. The number of hydrogen-bond acceptors (Lipinski definition) is 4. The minimum absolute atomic E-state index is 0.0581. The summed E-state index contributed by atoms with van der Waals surface area (Å²) in [5.41, 5.74) is 2.19. The average Bonchev–Trinajstić information content (AvgIpc) is 2.71. The first kappa shape index (κ1) is 20.1. The molecule has 0 unspecified atom stereocenters. The van der Waals surface area contributed by atoms with Gasteiger partial charge in [0, 0.05) is 37.1 Å². The van der Waals surface area contributed by atoms with E-state index in [0.29, 0.717) is 0 Å². The molecule has 0 saturated carbocycles. The lowest BCUT2D eigenvalue weighted by Gasteiger charge is -2.24. The normalized spacial score (nSPS) is 10.6. The number of benzene rings is 2. The van der Waals surface area contributed by atoms with Crippen molar-refractivity contribution in [2.75, 3.05) is 0 Å². The maximum Gasteiger partial charge on any atom is 0.276 e. The van der Waals surface area contributed by atoms with Crippen LogP contribution < -0.4 is 0 Å². The van der Waals surface area contributed by atoms with Crippen LogP contribution in [0.15, 0.2) is 60.9 Å². The lowest BCUT2D eigenvalue weighted by atomic mass is 10.1. The molecule has 0 aliphatic carbocycles. The van der Waals surface area contributed by atoms with Crippen LogP contribution in [0.5, 0.6) is 0 Å². The maximum atomic E-state index is 14.3. The summed E-state index contributed by atoms with van der Waals surface area (Å²) in [5, 5.41) is 11.3. The molecule has 29 heavy (non-hydrogen) atoms. The van der Waals surface area contributed by atoms with Crippen LogP contribution in [-0.4, -0.2) is 20.7 Å². The molecule has 1 heterocycles. The van der Waals surface area contributed by atoms with E-state index >= 15 is 0 Å². The highest BCUT2D eigenvalue weighted by Crippen LogP contribution is 2.25. The summed E-state index contributed by atoms with van der Waals surface area (Å²) >= 11 is 0. The Morgan fingerprint density at radius 2 is 1.90 bits per heavy atom. The molecule has 0 bridgehead atoms. The highest BCUT2D eigenvalue weighted by atomic mass is 19.1. The Kier molecular flexibility index (Phi) is 5.97. The Bertz CT molecular complexity index is 1050. The second kappa shape index (κ2) is 8.60. The van der Waals surface area contributed by atoms with Gasteiger partial charge in [-0.1, -0.05) is 30.3 Å². The van der Waals surface area contributed by atoms with Gasteiger partial charge in [-0.15, -0.1) is 0 Å². The molecular formula is C22H20FN3O3. The summed E-state index contributed by atoms with van der Waals surface area (Å²) in [6.07, 6.45) is 3.28. The second-order valence-corrected chi connectivity index (χ2v) is 6.81. The summed E-state index contributed by atoms with van der Waals surface area (Å²) in [5.74, 6) is -1.26. The van der Waals surface area contributed by atoms with Gasteiger partial charge in [-0.2, -0.15) is 0 Å². The predicted octanol–water partition coefficient (Wildman–Crippen LogP) is 4.59. The van der Waals surface area contributed by atoms with Gasteiger partial charge in [-0.25, -0.2) is 4.39 Å². The Balaban J connectivity index is 2.00. The summed E-state index contributed by atoms with van der Waals surface area (Å²) in [6.45, 7) is 3.79. The standard InChI is InChI=1S/C22H20FN3O3/c1-15-6-3-4-8-18(15)14-25(13-17-7-5-9-24-12-17)22(27)19-10-20(23)16(2)21(11-19)26(28)29/h3-12H,13-14H2,1-2H3. The lowest BCUT2D eigenvalue weighted by molar-refractivity contribution is -0.385. The molecule has 0 radical (unpaired) electrons. The van der Waals surface area contributed by atoms with Gasteiger partial charge in [0.2, 0.25) is 0 Å². The fourth-order valence-corrected chi connectivity index (χ4v) is 3.06. The zero-order valence-corrected chi connectivity index (χ0v) is 16.1. The van der Waals surface area contributed by atoms with Gasteiger partial charge in [0.25, 0.3) is 11.6 Å². The Morgan fingerprint density at radius 3 is 2.55 bits per heavy atom. The number of pyridine rings is 1. The quantitative estimate of drug-likeness (QED) is 0.453. The van der Waals surface area contributed by atoms with Gasteiger partial charge in [0.05, 0.1) is 10.5 Å². The van der Waals surface area contributed by atoms with E-state index in [4.69, 9.17) is 0 Å². The SMILES string of the molecule is Cc1ccccc1CN(Cc1cccnc1)C(=O)c1cc(F)c(C)c([N+](=O)[O-])c1. The zero-order valence-electron chi connectivity index (χ0n) is 16.1. The summed E-state index contributed by atoms with van der Waals surface area (Å²) in [4.78, 5) is 29.4. The molecule has 0 fully saturated rings. The number of carbonyl (C=O) groups excluding carboxylic acids is 1. The van der Waals surface area contributed by atoms with Gasteiger partial charge < -0.3 is 4.90 Å². The molecule has 0 saturated heterocycles. The van der Waals surface area contributed by atoms with Gasteiger partial charge in [-0.3, -0.25) is 19.9 Å². The van der Waals surface area contributed by atoms with Crippen molar-refractivity contribution in [3.63, 3.8) is 0 Å². The van der Waals surface area contributed by atoms with Gasteiger partial charge in [-0.05, 0) is 42.7 Å². The van der Waals surface area contributed by atoms with Crippen LogP contribution >= 0.6 is 0 Å². The number of nitro groups is 1. The van der Waals surface area contributed by atoms with E-state index in [0.717, 1.165) is 28.8 Å². The Labute approximate surface area is 167 Å². The molecule has 0 aliphatic heterocycles. The van der Waals surface area contributed by atoms with Crippen molar-refractivity contribution >= 4 is 11.6 Å². The molecule has 3 aromatic rings. The van der Waals surface area contributed by atoms with Crippen LogP contribution in [0.25, 0.3) is 0 Å². The highest BCUT2D eigenvalue weighted by molar-refractivity contribution is 5.95. The second-order valence-electron chi connectivity index (χ2n) is 6.81. The van der Waals surface area contributed by atoms with Crippen molar-refractivity contribution in [3.8, 4) is 0 Å². The molecule has 148 valence electrons. The first-order valence-corrected chi connectivity index (χ1v) is 9.04. The van der Waals surface area contributed by atoms with Crippen LogP contribution in [0.3, 0.4) is 0 Å². The van der Waals surface area contributed by atoms with Gasteiger partial charge in [0.15, 0.2) is 0 Å². The molecule has 0 aliphatic rings. The van der Waals surface area contributed by atoms with E-state index in [1.54, 1.807) is 18.5 Å². The van der Waals surface area contributed by atoms with Crippen LogP contribution in [0.2, 0.25) is 0 Å². The third-order valence-electron chi connectivity index (χ3n) is 4.77. The van der Waals surface area contributed by atoms with Crippen molar-refractivity contribution in [1.82, 2.24) is 9.88 Å². The van der Waals surface area contributed by atoms with E-state index in [1.165, 1.54) is 11.8 Å². The van der Waals surface area contributed by atoms with E-state index in [-0.39, 0.29) is 24.2 Å². The van der Waals surface area contributed by atoms with Crippen molar-refractivity contribution in [2.45, 2.75) is 26.9 Å². The monoisotopic (exact) mass is 393 g/mol. The van der Waals surface area contributed by atoms with Crippen LogP contribution in [0.4, 0.5) is 10.1 Å². The smallest absolute Gasteiger partial charge is 0.276 e. The zero-order chi connectivity index (χ0) is 21.0. The van der Waals surface area contributed by atoms with E-state index in [9.17, 15) is 19.3 Å². The summed E-state index contributed by atoms with van der Waals surface area (Å²) in [6, 6.07) is 13.4. The molecule has 6 nitrogen and oxygen atoms in total. The molecule has 1 amide bonds. The number of carbonyl (C=O) groups is 1. The maximum absolute atomic E-state index is 14.3. The van der Waals surface area contributed by atoms with E-state index in [2.05, 4.69) is 4.98 Å². The average molecular weight is 393 g/mol. The highest BCUT2D eigenvalue weighted by Gasteiger charge is 2.23. The predicted molar refractivity (Wildman–Crippen MR) is 107 cm³/mol. The number of amides is 1. The third-order valence-corrected chi connectivity index (χ3v) is 4.77. The summed E-state index contributed by atoms with van der Waals surface area (Å²) in [7, 11) is 0. The molecular weight excluding hydrogens is 373 g/mol. The molecule has 3 rings (SSSR count). The van der Waals surface area contributed by atoms with Crippen molar-refractivity contribution in [1.29, 1.82) is 0 Å². The Hall–Kier alpha value is -3.61.